The number of ether oxygens (including phenoxy) is 1. The summed E-state index contributed by atoms with van der Waals surface area (Å²) in [6.45, 7) is 0. The van der Waals surface area contributed by atoms with Crippen molar-refractivity contribution >= 4 is 46.0 Å². The molecule has 0 saturated carbocycles. The van der Waals surface area contributed by atoms with Crippen molar-refractivity contribution in [1.82, 2.24) is 4.90 Å². The number of carbonyl (C=O) groups is 2. The zero-order valence-electron chi connectivity index (χ0n) is 12.4. The molecule has 0 unspecified atom stereocenters. The first kappa shape index (κ1) is 16.6. The Morgan fingerprint density at radius 3 is 2.82 bits per heavy atom. The minimum atomic E-state index is -0.447. The minimum Gasteiger partial charge on any atom is -0.495 e. The molecule has 1 aliphatic rings. The Hall–Kier alpha value is -1.73. The molecule has 1 aliphatic heterocycles. The van der Waals surface area contributed by atoms with Gasteiger partial charge in [-0.2, -0.15) is 0 Å². The standard InChI is InChI=1S/C14H16ClN3O3S/c1-16-14-18(2)13(20)11(22-14)7-12(19)17-8-4-5-10(21-3)9(15)6-8/h4-6,11H,7H2,1-3H3,(H,17,19)/t11-/m1/s1. The molecule has 2 amide bonds. The summed E-state index contributed by atoms with van der Waals surface area (Å²) in [5.41, 5.74) is 0.559. The average Bonchev–Trinajstić information content (AvgIpc) is 2.75. The molecule has 1 heterocycles. The Labute approximate surface area is 137 Å². The maximum atomic E-state index is 12.1. The number of amides is 2. The molecular weight excluding hydrogens is 326 g/mol. The predicted molar refractivity (Wildman–Crippen MR) is 88.8 cm³/mol. The summed E-state index contributed by atoms with van der Waals surface area (Å²) in [4.78, 5) is 29.6. The number of anilines is 1. The first-order chi connectivity index (χ1) is 10.5. The third-order valence-electron chi connectivity index (χ3n) is 3.14. The second kappa shape index (κ2) is 7.02. The molecule has 1 aromatic carbocycles. The van der Waals surface area contributed by atoms with Gasteiger partial charge >= 0.3 is 0 Å². The Bertz CT molecular complexity index is 636. The smallest absolute Gasteiger partial charge is 0.242 e. The van der Waals surface area contributed by atoms with E-state index in [1.807, 2.05) is 0 Å². The third-order valence-corrected chi connectivity index (χ3v) is 4.75. The third kappa shape index (κ3) is 3.53. The molecule has 0 radical (unpaired) electrons. The molecule has 22 heavy (non-hydrogen) atoms. The van der Waals surface area contributed by atoms with Gasteiger partial charge in [-0.05, 0) is 18.2 Å². The van der Waals surface area contributed by atoms with Gasteiger partial charge in [0, 0.05) is 26.2 Å². The molecule has 0 spiro atoms. The quantitative estimate of drug-likeness (QED) is 0.911. The van der Waals surface area contributed by atoms with Gasteiger partial charge in [-0.25, -0.2) is 0 Å². The van der Waals surface area contributed by atoms with Gasteiger partial charge < -0.3 is 10.1 Å². The molecule has 1 saturated heterocycles. The number of carbonyl (C=O) groups excluding carboxylic acids is 2. The number of thioether (sulfide) groups is 1. The van der Waals surface area contributed by atoms with E-state index in [-0.39, 0.29) is 18.2 Å². The molecule has 8 heteroatoms. The lowest BCUT2D eigenvalue weighted by Gasteiger charge is -2.10. The van der Waals surface area contributed by atoms with E-state index in [1.54, 1.807) is 32.3 Å². The molecule has 0 bridgehead atoms. The number of rotatable bonds is 4. The van der Waals surface area contributed by atoms with Crippen LogP contribution in [-0.4, -0.2) is 48.3 Å². The lowest BCUT2D eigenvalue weighted by Crippen LogP contribution is -2.30. The number of hydrogen-bond acceptors (Lipinski definition) is 5. The SMILES string of the molecule is CN=C1S[C@H](CC(=O)Nc2ccc(OC)c(Cl)c2)C(=O)N1C. The summed E-state index contributed by atoms with van der Waals surface area (Å²) in [6.07, 6.45) is 0.0799. The molecule has 1 atom stereocenters. The molecule has 1 fully saturated rings. The van der Waals surface area contributed by atoms with Crippen molar-refractivity contribution in [3.8, 4) is 5.75 Å². The van der Waals surface area contributed by atoms with Crippen molar-refractivity contribution in [2.24, 2.45) is 4.99 Å². The van der Waals surface area contributed by atoms with E-state index in [0.717, 1.165) is 0 Å². The van der Waals surface area contributed by atoms with E-state index in [0.29, 0.717) is 21.6 Å². The van der Waals surface area contributed by atoms with Crippen LogP contribution >= 0.6 is 23.4 Å². The van der Waals surface area contributed by atoms with Crippen LogP contribution < -0.4 is 10.1 Å². The lowest BCUT2D eigenvalue weighted by molar-refractivity contribution is -0.127. The maximum Gasteiger partial charge on any atom is 0.242 e. The number of benzene rings is 1. The van der Waals surface area contributed by atoms with Crippen LogP contribution in [0.3, 0.4) is 0 Å². The van der Waals surface area contributed by atoms with Crippen LogP contribution in [0.2, 0.25) is 5.02 Å². The van der Waals surface area contributed by atoms with Gasteiger partial charge in [0.1, 0.15) is 11.0 Å². The summed E-state index contributed by atoms with van der Waals surface area (Å²) in [5, 5.41) is 3.31. The van der Waals surface area contributed by atoms with Crippen LogP contribution in [0.1, 0.15) is 6.42 Å². The number of nitrogens with one attached hydrogen (secondary N) is 1. The number of hydrogen-bond donors (Lipinski definition) is 1. The van der Waals surface area contributed by atoms with Gasteiger partial charge in [-0.1, -0.05) is 23.4 Å². The molecule has 6 nitrogen and oxygen atoms in total. The lowest BCUT2D eigenvalue weighted by atomic mass is 10.2. The van der Waals surface area contributed by atoms with Crippen molar-refractivity contribution < 1.29 is 14.3 Å². The van der Waals surface area contributed by atoms with E-state index in [2.05, 4.69) is 10.3 Å². The highest BCUT2D eigenvalue weighted by molar-refractivity contribution is 8.15. The summed E-state index contributed by atoms with van der Waals surface area (Å²) < 4.78 is 5.05. The van der Waals surface area contributed by atoms with Crippen LogP contribution in [0.5, 0.6) is 5.75 Å². The van der Waals surface area contributed by atoms with E-state index in [4.69, 9.17) is 16.3 Å². The normalized spacial score (nSPS) is 19.6. The van der Waals surface area contributed by atoms with Crippen molar-refractivity contribution in [2.75, 3.05) is 26.5 Å². The van der Waals surface area contributed by atoms with Gasteiger partial charge in [0.25, 0.3) is 0 Å². The molecule has 118 valence electrons. The van der Waals surface area contributed by atoms with E-state index < -0.39 is 5.25 Å². The summed E-state index contributed by atoms with van der Waals surface area (Å²) in [5.74, 6) is 0.165. The molecule has 2 rings (SSSR count). The zero-order chi connectivity index (χ0) is 16.3. The maximum absolute atomic E-state index is 12.1. The van der Waals surface area contributed by atoms with E-state index >= 15 is 0 Å². The molecular formula is C14H16ClN3O3S. The Kier molecular flexibility index (Phi) is 5.31. The van der Waals surface area contributed by atoms with Gasteiger partial charge in [-0.3, -0.25) is 19.5 Å². The fraction of sp³-hybridized carbons (Fsp3) is 0.357. The van der Waals surface area contributed by atoms with Gasteiger partial charge in [0.15, 0.2) is 5.17 Å². The Balaban J connectivity index is 1.99. The summed E-state index contributed by atoms with van der Waals surface area (Å²) in [6, 6.07) is 4.97. The zero-order valence-corrected chi connectivity index (χ0v) is 14.0. The van der Waals surface area contributed by atoms with Crippen LogP contribution in [0.4, 0.5) is 5.69 Å². The van der Waals surface area contributed by atoms with Crippen LogP contribution in [0, 0.1) is 0 Å². The Morgan fingerprint density at radius 2 is 2.27 bits per heavy atom. The van der Waals surface area contributed by atoms with Gasteiger partial charge in [0.2, 0.25) is 11.8 Å². The largest absolute Gasteiger partial charge is 0.495 e. The average molecular weight is 342 g/mol. The molecule has 1 N–H and O–H groups in total. The molecule has 0 aliphatic carbocycles. The summed E-state index contributed by atoms with van der Waals surface area (Å²) in [7, 11) is 4.79. The highest BCUT2D eigenvalue weighted by atomic mass is 35.5. The number of halogens is 1. The fourth-order valence-corrected chi connectivity index (χ4v) is 3.38. The van der Waals surface area contributed by atoms with Gasteiger partial charge in [-0.15, -0.1) is 0 Å². The Morgan fingerprint density at radius 1 is 1.55 bits per heavy atom. The van der Waals surface area contributed by atoms with Crippen molar-refractivity contribution in [3.05, 3.63) is 23.2 Å². The first-order valence-electron chi connectivity index (χ1n) is 6.50. The molecule has 1 aromatic rings. The van der Waals surface area contributed by atoms with Crippen molar-refractivity contribution in [3.63, 3.8) is 0 Å². The van der Waals surface area contributed by atoms with Crippen molar-refractivity contribution in [1.29, 1.82) is 0 Å². The number of amidine groups is 1. The van der Waals surface area contributed by atoms with Crippen molar-refractivity contribution in [2.45, 2.75) is 11.7 Å². The van der Waals surface area contributed by atoms with Crippen LogP contribution in [0.15, 0.2) is 23.2 Å². The fourth-order valence-electron chi connectivity index (χ4n) is 2.02. The van der Waals surface area contributed by atoms with Crippen LogP contribution in [-0.2, 0) is 9.59 Å². The first-order valence-corrected chi connectivity index (χ1v) is 7.76. The topological polar surface area (TPSA) is 71.0 Å². The summed E-state index contributed by atoms with van der Waals surface area (Å²) >= 11 is 7.30. The van der Waals surface area contributed by atoms with Gasteiger partial charge in [0.05, 0.1) is 12.1 Å². The number of methoxy groups -OCH3 is 1. The second-order valence-corrected chi connectivity index (χ2v) is 6.19. The number of nitrogens with zero attached hydrogens (tertiary/aromatic N) is 2. The van der Waals surface area contributed by atoms with Crippen LogP contribution in [0.25, 0.3) is 0 Å². The highest BCUT2D eigenvalue weighted by Crippen LogP contribution is 2.30. The van der Waals surface area contributed by atoms with E-state index in [1.165, 1.54) is 23.8 Å². The predicted octanol–water partition coefficient (Wildman–Crippen LogP) is 2.24. The van der Waals surface area contributed by atoms with E-state index in [9.17, 15) is 9.59 Å². The number of aliphatic imine (C=N–C) groups is 1. The minimum absolute atomic E-state index is 0.0799. The monoisotopic (exact) mass is 341 g/mol. The molecule has 0 aromatic heterocycles. The highest BCUT2D eigenvalue weighted by Gasteiger charge is 2.36. The second-order valence-electron chi connectivity index (χ2n) is 4.61.